The molecule has 0 N–H and O–H groups in total. The third-order valence-electron chi connectivity index (χ3n) is 4.71. The zero-order valence-electron chi connectivity index (χ0n) is 13.4. The van der Waals surface area contributed by atoms with Crippen LogP contribution in [0.25, 0.3) is 0 Å². The van der Waals surface area contributed by atoms with Crippen molar-refractivity contribution >= 4 is 11.8 Å². The summed E-state index contributed by atoms with van der Waals surface area (Å²) >= 11 is 0. The van der Waals surface area contributed by atoms with Gasteiger partial charge in [0.2, 0.25) is 11.8 Å². The largest absolute Gasteiger partial charge is 0.383 e. The summed E-state index contributed by atoms with van der Waals surface area (Å²) in [6.45, 7) is 1.88. The minimum Gasteiger partial charge on any atom is -0.383 e. The van der Waals surface area contributed by atoms with Gasteiger partial charge in [0.15, 0.2) is 0 Å². The van der Waals surface area contributed by atoms with Crippen molar-refractivity contribution in [1.82, 2.24) is 19.8 Å². The van der Waals surface area contributed by atoms with Gasteiger partial charge in [0, 0.05) is 45.4 Å². The van der Waals surface area contributed by atoms with E-state index in [-0.39, 0.29) is 23.9 Å². The van der Waals surface area contributed by atoms with Crippen molar-refractivity contribution in [3.8, 4) is 0 Å². The molecule has 2 aliphatic heterocycles. The molecular formula is C16H22N4O3. The number of ether oxygens (including phenoxy) is 1. The Morgan fingerprint density at radius 3 is 2.87 bits per heavy atom. The first-order valence-corrected chi connectivity index (χ1v) is 8.02. The van der Waals surface area contributed by atoms with Gasteiger partial charge in [0.1, 0.15) is 6.33 Å². The molecular weight excluding hydrogens is 296 g/mol. The molecule has 2 saturated heterocycles. The van der Waals surface area contributed by atoms with Crippen molar-refractivity contribution in [2.75, 3.05) is 26.8 Å². The van der Waals surface area contributed by atoms with Crippen LogP contribution in [0.1, 0.15) is 24.8 Å². The van der Waals surface area contributed by atoms with Crippen LogP contribution in [0.5, 0.6) is 0 Å². The number of hydrogen-bond acceptors (Lipinski definition) is 5. The van der Waals surface area contributed by atoms with Gasteiger partial charge >= 0.3 is 0 Å². The number of aromatic nitrogens is 2. The van der Waals surface area contributed by atoms with Crippen molar-refractivity contribution in [3.05, 3.63) is 24.3 Å². The molecule has 1 aromatic rings. The third kappa shape index (κ3) is 3.34. The monoisotopic (exact) mass is 318 g/mol. The number of carbonyl (C=O) groups excluding carboxylic acids is 2. The minimum absolute atomic E-state index is 0.0267. The summed E-state index contributed by atoms with van der Waals surface area (Å²) in [5.74, 6) is 0.244. The summed E-state index contributed by atoms with van der Waals surface area (Å²) in [6.07, 6.45) is 7.32. The van der Waals surface area contributed by atoms with E-state index < -0.39 is 0 Å². The standard InChI is InChI=1S/C16H22N4O3/c1-23-7-6-20-13-4-5-19(14(13)8-16(20)22)15(21)3-2-12-9-17-11-18-10-12/h9-11,13-14H,2-8H2,1H3. The number of methoxy groups -OCH3 is 1. The number of nitrogens with zero attached hydrogens (tertiary/aromatic N) is 4. The Labute approximate surface area is 135 Å². The Balaban J connectivity index is 1.57. The molecule has 3 rings (SSSR count). The summed E-state index contributed by atoms with van der Waals surface area (Å²) < 4.78 is 5.08. The smallest absolute Gasteiger partial charge is 0.225 e. The average molecular weight is 318 g/mol. The predicted molar refractivity (Wildman–Crippen MR) is 82.5 cm³/mol. The summed E-state index contributed by atoms with van der Waals surface area (Å²) in [5.41, 5.74) is 0.959. The van der Waals surface area contributed by atoms with Crippen molar-refractivity contribution in [2.24, 2.45) is 0 Å². The molecule has 7 nitrogen and oxygen atoms in total. The van der Waals surface area contributed by atoms with Crippen molar-refractivity contribution in [3.63, 3.8) is 0 Å². The van der Waals surface area contributed by atoms with E-state index >= 15 is 0 Å². The Morgan fingerprint density at radius 2 is 2.13 bits per heavy atom. The van der Waals surface area contributed by atoms with E-state index in [9.17, 15) is 9.59 Å². The molecule has 7 heteroatoms. The molecule has 2 atom stereocenters. The lowest BCUT2D eigenvalue weighted by atomic mass is 10.1. The molecule has 23 heavy (non-hydrogen) atoms. The highest BCUT2D eigenvalue weighted by molar-refractivity contribution is 5.83. The predicted octanol–water partition coefficient (Wildman–Crippen LogP) is 0.257. The van der Waals surface area contributed by atoms with E-state index in [1.807, 2.05) is 9.80 Å². The average Bonchev–Trinajstić information content (AvgIpc) is 3.10. The van der Waals surface area contributed by atoms with Gasteiger partial charge in [-0.05, 0) is 18.4 Å². The molecule has 0 aromatic carbocycles. The van der Waals surface area contributed by atoms with Crippen LogP contribution < -0.4 is 0 Å². The first-order chi connectivity index (χ1) is 11.2. The van der Waals surface area contributed by atoms with E-state index in [0.717, 1.165) is 18.5 Å². The van der Waals surface area contributed by atoms with Crippen LogP contribution in [0.3, 0.4) is 0 Å². The van der Waals surface area contributed by atoms with Gasteiger partial charge in [-0.25, -0.2) is 9.97 Å². The zero-order valence-corrected chi connectivity index (χ0v) is 13.4. The number of amides is 2. The van der Waals surface area contributed by atoms with Gasteiger partial charge in [-0.2, -0.15) is 0 Å². The van der Waals surface area contributed by atoms with Crippen LogP contribution in [0.15, 0.2) is 18.7 Å². The first-order valence-electron chi connectivity index (χ1n) is 8.02. The SMILES string of the molecule is COCCN1C(=O)CC2C1CCN2C(=O)CCc1cncnc1. The fourth-order valence-corrected chi connectivity index (χ4v) is 3.57. The van der Waals surface area contributed by atoms with Crippen LogP contribution in [0, 0.1) is 0 Å². The van der Waals surface area contributed by atoms with Crippen molar-refractivity contribution in [1.29, 1.82) is 0 Å². The maximum Gasteiger partial charge on any atom is 0.225 e. The minimum atomic E-state index is 0.0267. The first kappa shape index (κ1) is 15.9. The second-order valence-corrected chi connectivity index (χ2v) is 6.04. The lowest BCUT2D eigenvalue weighted by molar-refractivity contribution is -0.132. The normalized spacial score (nSPS) is 23.4. The van der Waals surface area contributed by atoms with Crippen LogP contribution in [0.4, 0.5) is 0 Å². The second-order valence-electron chi connectivity index (χ2n) is 6.04. The highest BCUT2D eigenvalue weighted by Gasteiger charge is 2.47. The Morgan fingerprint density at radius 1 is 1.35 bits per heavy atom. The topological polar surface area (TPSA) is 75.6 Å². The number of rotatable bonds is 6. The number of carbonyl (C=O) groups is 2. The molecule has 124 valence electrons. The summed E-state index contributed by atoms with van der Waals surface area (Å²) in [4.78, 5) is 36.4. The van der Waals surface area contributed by atoms with Crippen molar-refractivity contribution < 1.29 is 14.3 Å². The molecule has 0 saturated carbocycles. The van der Waals surface area contributed by atoms with E-state index in [1.165, 1.54) is 6.33 Å². The van der Waals surface area contributed by atoms with Gasteiger partial charge in [-0.1, -0.05) is 0 Å². The Hall–Kier alpha value is -2.02. The summed E-state index contributed by atoms with van der Waals surface area (Å²) in [6, 6.07) is 0.181. The summed E-state index contributed by atoms with van der Waals surface area (Å²) in [5, 5.41) is 0. The van der Waals surface area contributed by atoms with Gasteiger partial charge in [-0.3, -0.25) is 9.59 Å². The maximum absolute atomic E-state index is 12.5. The van der Waals surface area contributed by atoms with E-state index in [4.69, 9.17) is 4.74 Å². The lowest BCUT2D eigenvalue weighted by Crippen LogP contribution is -2.40. The second kappa shape index (κ2) is 7.04. The molecule has 2 unspecified atom stereocenters. The van der Waals surface area contributed by atoms with E-state index in [2.05, 4.69) is 9.97 Å². The van der Waals surface area contributed by atoms with Crippen LogP contribution >= 0.6 is 0 Å². The molecule has 0 radical (unpaired) electrons. The molecule has 0 spiro atoms. The lowest BCUT2D eigenvalue weighted by Gasteiger charge is -2.25. The van der Waals surface area contributed by atoms with E-state index in [0.29, 0.717) is 32.4 Å². The molecule has 2 fully saturated rings. The van der Waals surface area contributed by atoms with Gasteiger partial charge in [0.05, 0.1) is 18.7 Å². The van der Waals surface area contributed by atoms with E-state index in [1.54, 1.807) is 19.5 Å². The highest BCUT2D eigenvalue weighted by Crippen LogP contribution is 2.32. The number of fused-ring (bicyclic) bond motifs is 1. The molecule has 1 aromatic heterocycles. The van der Waals surface area contributed by atoms with Crippen LogP contribution in [-0.4, -0.2) is 70.5 Å². The molecule has 2 aliphatic rings. The van der Waals surface area contributed by atoms with Crippen LogP contribution in [-0.2, 0) is 20.7 Å². The molecule has 2 amide bonds. The van der Waals surface area contributed by atoms with Gasteiger partial charge in [0.25, 0.3) is 0 Å². The fraction of sp³-hybridized carbons (Fsp3) is 0.625. The maximum atomic E-state index is 12.5. The van der Waals surface area contributed by atoms with Crippen molar-refractivity contribution in [2.45, 2.75) is 37.8 Å². The fourth-order valence-electron chi connectivity index (χ4n) is 3.57. The molecule has 3 heterocycles. The Kier molecular flexibility index (Phi) is 4.85. The number of hydrogen-bond donors (Lipinski definition) is 0. The molecule has 0 bridgehead atoms. The quantitative estimate of drug-likeness (QED) is 0.752. The highest BCUT2D eigenvalue weighted by atomic mass is 16.5. The number of likely N-dealkylation sites (tertiary alicyclic amines) is 2. The van der Waals surface area contributed by atoms with Crippen LogP contribution in [0.2, 0.25) is 0 Å². The molecule has 0 aliphatic carbocycles. The van der Waals surface area contributed by atoms with Gasteiger partial charge < -0.3 is 14.5 Å². The van der Waals surface area contributed by atoms with Gasteiger partial charge in [-0.15, -0.1) is 0 Å². The number of aryl methyl sites for hydroxylation is 1. The Bertz CT molecular complexity index is 566. The zero-order chi connectivity index (χ0) is 16.2. The third-order valence-corrected chi connectivity index (χ3v) is 4.71. The summed E-state index contributed by atoms with van der Waals surface area (Å²) in [7, 11) is 1.63.